The summed E-state index contributed by atoms with van der Waals surface area (Å²) in [4.78, 5) is 7.44. The minimum absolute atomic E-state index is 0.670. The maximum Gasteiger partial charge on any atom is 0.157 e. The molecule has 1 aromatic carbocycles. The zero-order valence-corrected chi connectivity index (χ0v) is 17.5. The number of nitriles is 1. The predicted octanol–water partition coefficient (Wildman–Crippen LogP) is 5.49. The van der Waals surface area contributed by atoms with Crippen LogP contribution in [0.5, 0.6) is 0 Å². The maximum atomic E-state index is 9.96. The van der Waals surface area contributed by atoms with E-state index in [0.717, 1.165) is 60.2 Å². The van der Waals surface area contributed by atoms with Crippen molar-refractivity contribution < 1.29 is 0 Å². The second-order valence-electron chi connectivity index (χ2n) is 8.63. The Morgan fingerprint density at radius 3 is 2.57 bits per heavy atom. The Morgan fingerprint density at radius 1 is 1.18 bits per heavy atom. The monoisotopic (exact) mass is 374 g/mol. The van der Waals surface area contributed by atoms with Crippen molar-refractivity contribution in [3.8, 4) is 6.07 Å². The van der Waals surface area contributed by atoms with Gasteiger partial charge in [0.05, 0.1) is 16.6 Å². The van der Waals surface area contributed by atoms with Crippen LogP contribution in [-0.4, -0.2) is 22.5 Å². The van der Waals surface area contributed by atoms with E-state index in [1.807, 2.05) is 6.07 Å². The number of hydrogen-bond donors (Lipinski definition) is 0. The third-order valence-corrected chi connectivity index (χ3v) is 6.15. The molecule has 0 spiro atoms. The summed E-state index contributed by atoms with van der Waals surface area (Å²) in [6.45, 7) is 11.2. The highest BCUT2D eigenvalue weighted by atomic mass is 15.2. The molecule has 28 heavy (non-hydrogen) atoms. The lowest BCUT2D eigenvalue weighted by atomic mass is 9.90. The van der Waals surface area contributed by atoms with Crippen LogP contribution in [0.15, 0.2) is 24.3 Å². The summed E-state index contributed by atoms with van der Waals surface area (Å²) < 4.78 is 2.27. The third kappa shape index (κ3) is 3.03. The average molecular weight is 375 g/mol. The van der Waals surface area contributed by atoms with Crippen molar-refractivity contribution >= 4 is 22.5 Å². The molecule has 2 aromatic heterocycles. The molecule has 1 aliphatic heterocycles. The lowest BCUT2D eigenvalue weighted by molar-refractivity contribution is 0.354. The van der Waals surface area contributed by atoms with E-state index in [-0.39, 0.29) is 0 Å². The van der Waals surface area contributed by atoms with E-state index < -0.39 is 0 Å². The predicted molar refractivity (Wildman–Crippen MR) is 116 cm³/mol. The van der Waals surface area contributed by atoms with Gasteiger partial charge in [-0.25, -0.2) is 4.98 Å². The molecule has 1 fully saturated rings. The second kappa shape index (κ2) is 7.47. The zero-order chi connectivity index (χ0) is 19.8. The number of unbranched alkanes of at least 4 members (excludes halogenated alkanes) is 1. The summed E-state index contributed by atoms with van der Waals surface area (Å²) in [7, 11) is 0. The number of rotatable bonds is 4. The van der Waals surface area contributed by atoms with E-state index >= 15 is 0 Å². The Bertz CT molecular complexity index is 1050. The quantitative estimate of drug-likeness (QED) is 0.606. The topological polar surface area (TPSA) is 44.3 Å². The Kier molecular flexibility index (Phi) is 5.02. The largest absolute Gasteiger partial charge is 0.357 e. The molecule has 3 aromatic rings. The van der Waals surface area contributed by atoms with Gasteiger partial charge in [0.15, 0.2) is 5.65 Å². The molecular formula is C24H30N4. The fourth-order valence-electron chi connectivity index (χ4n) is 4.98. The smallest absolute Gasteiger partial charge is 0.157 e. The average Bonchev–Trinajstić information content (AvgIpc) is 3.04. The Balaban J connectivity index is 2.08. The van der Waals surface area contributed by atoms with Crippen molar-refractivity contribution in [1.82, 2.24) is 9.38 Å². The molecule has 3 heterocycles. The first-order valence-electron chi connectivity index (χ1n) is 10.6. The molecular weight excluding hydrogens is 344 g/mol. The van der Waals surface area contributed by atoms with Gasteiger partial charge in [-0.2, -0.15) is 5.26 Å². The summed E-state index contributed by atoms with van der Waals surface area (Å²) in [5.74, 6) is 2.61. The third-order valence-electron chi connectivity index (χ3n) is 6.15. The van der Waals surface area contributed by atoms with Crippen LogP contribution in [0.2, 0.25) is 0 Å². The van der Waals surface area contributed by atoms with Gasteiger partial charge in [0.25, 0.3) is 0 Å². The number of imidazole rings is 1. The second-order valence-corrected chi connectivity index (χ2v) is 8.63. The minimum Gasteiger partial charge on any atom is -0.357 e. The van der Waals surface area contributed by atoms with Gasteiger partial charge >= 0.3 is 0 Å². The van der Waals surface area contributed by atoms with Crippen molar-refractivity contribution in [2.45, 2.75) is 53.4 Å². The van der Waals surface area contributed by atoms with Gasteiger partial charge in [0.1, 0.15) is 11.9 Å². The standard InChI is InChI=1S/C24H30N4/c1-5-6-9-19-18(4)20(13-25)23-26-21-10-7-8-11-22(21)28(23)24(19)27-14-16(2)12-17(3)15-27/h7-8,10-11,16-17H,5-6,9,12,14-15H2,1-4H3. The van der Waals surface area contributed by atoms with Crippen LogP contribution in [0, 0.1) is 30.1 Å². The van der Waals surface area contributed by atoms with Crippen LogP contribution >= 0.6 is 0 Å². The highest BCUT2D eigenvalue weighted by molar-refractivity contribution is 5.86. The first-order chi connectivity index (χ1) is 13.5. The van der Waals surface area contributed by atoms with Crippen LogP contribution in [0.25, 0.3) is 16.7 Å². The van der Waals surface area contributed by atoms with Gasteiger partial charge in [-0.15, -0.1) is 0 Å². The number of hydrogen-bond acceptors (Lipinski definition) is 3. The van der Waals surface area contributed by atoms with E-state index in [4.69, 9.17) is 4.98 Å². The number of fused-ring (bicyclic) bond motifs is 3. The summed E-state index contributed by atoms with van der Waals surface area (Å²) in [5.41, 5.74) is 6.04. The lowest BCUT2D eigenvalue weighted by Gasteiger charge is -2.38. The van der Waals surface area contributed by atoms with Crippen molar-refractivity contribution in [2.24, 2.45) is 11.8 Å². The number of anilines is 1. The van der Waals surface area contributed by atoms with E-state index in [9.17, 15) is 5.26 Å². The van der Waals surface area contributed by atoms with Gasteiger partial charge in [0, 0.05) is 13.1 Å². The molecule has 146 valence electrons. The highest BCUT2D eigenvalue weighted by Crippen LogP contribution is 2.36. The van der Waals surface area contributed by atoms with Crippen LogP contribution in [0.1, 0.15) is 56.7 Å². The molecule has 0 N–H and O–H groups in total. The van der Waals surface area contributed by atoms with Crippen molar-refractivity contribution in [3.05, 3.63) is 41.0 Å². The number of piperidine rings is 1. The fourth-order valence-corrected chi connectivity index (χ4v) is 4.98. The van der Waals surface area contributed by atoms with Crippen molar-refractivity contribution in [2.75, 3.05) is 18.0 Å². The molecule has 4 heteroatoms. The number of benzene rings is 1. The normalized spacial score (nSPS) is 20.0. The molecule has 1 saturated heterocycles. The summed E-state index contributed by atoms with van der Waals surface area (Å²) in [6.07, 6.45) is 4.57. The molecule has 2 unspecified atom stereocenters. The van der Waals surface area contributed by atoms with E-state index in [1.54, 1.807) is 0 Å². The Hall–Kier alpha value is -2.54. The SMILES string of the molecule is CCCCc1c(C)c(C#N)c2nc3ccccc3n2c1N1CC(C)CC(C)C1. The summed E-state index contributed by atoms with van der Waals surface area (Å²) in [6, 6.07) is 10.7. The van der Waals surface area contributed by atoms with E-state index in [1.165, 1.54) is 17.8 Å². The van der Waals surface area contributed by atoms with Crippen LogP contribution < -0.4 is 4.90 Å². The first kappa shape index (κ1) is 18.8. The van der Waals surface area contributed by atoms with Crippen LogP contribution in [-0.2, 0) is 6.42 Å². The molecule has 1 aliphatic rings. The van der Waals surface area contributed by atoms with Gasteiger partial charge in [0.2, 0.25) is 0 Å². The number of aromatic nitrogens is 2. The fraction of sp³-hybridized carbons (Fsp3) is 0.500. The van der Waals surface area contributed by atoms with Crippen molar-refractivity contribution in [1.29, 1.82) is 5.26 Å². The molecule has 0 amide bonds. The van der Waals surface area contributed by atoms with E-state index in [2.05, 4.69) is 61.3 Å². The zero-order valence-electron chi connectivity index (χ0n) is 17.5. The number of para-hydroxylation sites is 2. The highest BCUT2D eigenvalue weighted by Gasteiger charge is 2.28. The van der Waals surface area contributed by atoms with Crippen LogP contribution in [0.3, 0.4) is 0 Å². The summed E-state index contributed by atoms with van der Waals surface area (Å²) in [5, 5.41) is 9.96. The number of pyridine rings is 1. The van der Waals surface area contributed by atoms with Crippen LogP contribution in [0.4, 0.5) is 5.82 Å². The minimum atomic E-state index is 0.670. The van der Waals surface area contributed by atoms with Crippen molar-refractivity contribution in [3.63, 3.8) is 0 Å². The van der Waals surface area contributed by atoms with Gasteiger partial charge in [-0.3, -0.25) is 4.40 Å². The number of nitrogens with zero attached hydrogens (tertiary/aromatic N) is 4. The molecule has 0 aliphatic carbocycles. The molecule has 4 nitrogen and oxygen atoms in total. The Morgan fingerprint density at radius 2 is 1.89 bits per heavy atom. The van der Waals surface area contributed by atoms with Gasteiger partial charge < -0.3 is 4.90 Å². The molecule has 4 rings (SSSR count). The van der Waals surface area contributed by atoms with E-state index in [0.29, 0.717) is 11.8 Å². The van der Waals surface area contributed by atoms with Gasteiger partial charge in [-0.1, -0.05) is 39.3 Å². The van der Waals surface area contributed by atoms with Gasteiger partial charge in [-0.05, 0) is 61.3 Å². The lowest BCUT2D eigenvalue weighted by Crippen LogP contribution is -2.40. The maximum absolute atomic E-state index is 9.96. The molecule has 0 bridgehead atoms. The molecule has 0 radical (unpaired) electrons. The summed E-state index contributed by atoms with van der Waals surface area (Å²) >= 11 is 0. The first-order valence-corrected chi connectivity index (χ1v) is 10.6. The molecule has 2 atom stereocenters. The molecule has 0 saturated carbocycles. The Labute approximate surface area is 167 Å².